The molecule has 0 radical (unpaired) electrons. The van der Waals surface area contributed by atoms with E-state index in [0.717, 1.165) is 6.07 Å². The molecule has 4 N–H and O–H groups in total. The summed E-state index contributed by atoms with van der Waals surface area (Å²) in [5.74, 6) is -0.262. The standard InChI is InChI=1S/C27H37ClF3N5O2/c1-25(2,3)22(35-24(38)36-26(4,5)6)23(37)33-17-10-8-16(9-11-17)32-20-14-21(27(29,30)31)34-19-12-7-15(28)13-18(19)20/h7,12-14,16-17,22H,8-11H2,1-6H3,(H,32,34)(H,33,37)(H2,35,36,38)/t16-,17+,22-/m1/s1. The number of fused-ring (bicyclic) bond motifs is 1. The number of rotatable bonds is 5. The van der Waals surface area contributed by atoms with Crippen LogP contribution in [-0.4, -0.2) is 40.6 Å². The molecule has 1 saturated carbocycles. The largest absolute Gasteiger partial charge is 0.433 e. The number of hydrogen-bond acceptors (Lipinski definition) is 4. The Balaban J connectivity index is 1.66. The van der Waals surface area contributed by atoms with Gasteiger partial charge in [0.2, 0.25) is 5.91 Å². The second-order valence-electron chi connectivity index (χ2n) is 12.1. The molecule has 0 unspecified atom stereocenters. The number of nitrogens with one attached hydrogen (secondary N) is 4. The number of anilines is 1. The molecule has 0 aliphatic heterocycles. The zero-order valence-corrected chi connectivity index (χ0v) is 23.4. The zero-order chi connectivity index (χ0) is 28.5. The Hall–Kier alpha value is -2.75. The summed E-state index contributed by atoms with van der Waals surface area (Å²) in [5.41, 5.74) is -1.38. The Morgan fingerprint density at radius 1 is 0.974 bits per heavy atom. The van der Waals surface area contributed by atoms with Crippen LogP contribution in [0.5, 0.6) is 0 Å². The average molecular weight is 556 g/mol. The third kappa shape index (κ3) is 8.12. The number of pyridine rings is 1. The fraction of sp³-hybridized carbons (Fsp3) is 0.593. The van der Waals surface area contributed by atoms with E-state index in [0.29, 0.717) is 41.8 Å². The van der Waals surface area contributed by atoms with E-state index >= 15 is 0 Å². The fourth-order valence-corrected chi connectivity index (χ4v) is 4.70. The number of nitrogens with zero attached hydrogens (tertiary/aromatic N) is 1. The molecule has 1 fully saturated rings. The number of halogens is 4. The molecule has 210 valence electrons. The van der Waals surface area contributed by atoms with Crippen molar-refractivity contribution in [1.82, 2.24) is 20.9 Å². The lowest BCUT2D eigenvalue weighted by atomic mass is 9.85. The van der Waals surface area contributed by atoms with Crippen LogP contribution >= 0.6 is 11.6 Å². The first-order valence-corrected chi connectivity index (χ1v) is 13.1. The van der Waals surface area contributed by atoms with Gasteiger partial charge in [0.25, 0.3) is 0 Å². The first-order chi connectivity index (χ1) is 17.4. The van der Waals surface area contributed by atoms with E-state index in [1.54, 1.807) is 6.07 Å². The first-order valence-electron chi connectivity index (χ1n) is 12.8. The zero-order valence-electron chi connectivity index (χ0n) is 22.6. The van der Waals surface area contributed by atoms with Crippen molar-refractivity contribution in [2.75, 3.05) is 5.32 Å². The maximum atomic E-state index is 13.4. The topological polar surface area (TPSA) is 95.2 Å². The molecule has 1 atom stereocenters. The first kappa shape index (κ1) is 29.8. The van der Waals surface area contributed by atoms with Gasteiger partial charge in [-0.3, -0.25) is 4.79 Å². The van der Waals surface area contributed by atoms with E-state index in [-0.39, 0.29) is 23.5 Å². The van der Waals surface area contributed by atoms with Gasteiger partial charge in [-0.25, -0.2) is 9.78 Å². The molecule has 38 heavy (non-hydrogen) atoms. The highest BCUT2D eigenvalue weighted by molar-refractivity contribution is 6.31. The van der Waals surface area contributed by atoms with Gasteiger partial charge in [-0.05, 0) is 76.1 Å². The van der Waals surface area contributed by atoms with Gasteiger partial charge >= 0.3 is 12.2 Å². The Morgan fingerprint density at radius 2 is 1.58 bits per heavy atom. The van der Waals surface area contributed by atoms with Crippen LogP contribution < -0.4 is 21.3 Å². The predicted octanol–water partition coefficient (Wildman–Crippen LogP) is 6.26. The van der Waals surface area contributed by atoms with Gasteiger partial charge < -0.3 is 21.3 Å². The molecule has 0 saturated heterocycles. The highest BCUT2D eigenvalue weighted by Gasteiger charge is 2.36. The number of aromatic nitrogens is 1. The van der Waals surface area contributed by atoms with Gasteiger partial charge in [0.05, 0.1) is 5.52 Å². The van der Waals surface area contributed by atoms with Crippen molar-refractivity contribution in [3.63, 3.8) is 0 Å². The molecular weight excluding hydrogens is 519 g/mol. The summed E-state index contributed by atoms with van der Waals surface area (Å²) in [6.45, 7) is 11.2. The number of carbonyl (C=O) groups is 2. The van der Waals surface area contributed by atoms with Crippen molar-refractivity contribution in [3.8, 4) is 0 Å². The molecule has 2 aromatic rings. The minimum Gasteiger partial charge on any atom is -0.382 e. The van der Waals surface area contributed by atoms with Crippen LogP contribution in [0.3, 0.4) is 0 Å². The third-order valence-electron chi connectivity index (χ3n) is 6.39. The summed E-state index contributed by atoms with van der Waals surface area (Å²) in [7, 11) is 0. The van der Waals surface area contributed by atoms with Crippen LogP contribution in [0.2, 0.25) is 5.02 Å². The molecule has 1 aromatic heterocycles. The van der Waals surface area contributed by atoms with E-state index in [9.17, 15) is 22.8 Å². The lowest BCUT2D eigenvalue weighted by Crippen LogP contribution is -2.59. The summed E-state index contributed by atoms with van der Waals surface area (Å²) in [5, 5.41) is 12.9. The summed E-state index contributed by atoms with van der Waals surface area (Å²) in [6.07, 6.45) is -1.99. The van der Waals surface area contributed by atoms with Gasteiger partial charge in [0, 0.05) is 33.7 Å². The van der Waals surface area contributed by atoms with Gasteiger partial charge in [-0.15, -0.1) is 0 Å². The van der Waals surface area contributed by atoms with Gasteiger partial charge in [-0.1, -0.05) is 32.4 Å². The maximum absolute atomic E-state index is 13.4. The van der Waals surface area contributed by atoms with E-state index < -0.39 is 34.9 Å². The lowest BCUT2D eigenvalue weighted by Gasteiger charge is -2.35. The van der Waals surface area contributed by atoms with Gasteiger partial charge in [0.15, 0.2) is 0 Å². The Labute approximate surface area is 226 Å². The molecule has 1 aromatic carbocycles. The molecule has 7 nitrogen and oxygen atoms in total. The number of urea groups is 1. The lowest BCUT2D eigenvalue weighted by molar-refractivity contribution is -0.140. The molecule has 0 spiro atoms. The van der Waals surface area contributed by atoms with Crippen LogP contribution in [0.1, 0.15) is 72.9 Å². The quantitative estimate of drug-likeness (QED) is 0.350. The van der Waals surface area contributed by atoms with Crippen molar-refractivity contribution in [3.05, 3.63) is 35.0 Å². The Morgan fingerprint density at radius 3 is 2.13 bits per heavy atom. The number of amides is 3. The summed E-state index contributed by atoms with van der Waals surface area (Å²) >= 11 is 6.10. The molecule has 1 aliphatic carbocycles. The molecule has 3 amide bonds. The number of alkyl halides is 3. The van der Waals surface area contributed by atoms with E-state index in [4.69, 9.17) is 11.6 Å². The maximum Gasteiger partial charge on any atom is 0.433 e. The molecular formula is C27H37ClF3N5O2. The number of benzene rings is 1. The Bertz CT molecular complexity index is 1170. The minimum absolute atomic E-state index is 0.0806. The van der Waals surface area contributed by atoms with Crippen molar-refractivity contribution >= 4 is 40.1 Å². The average Bonchev–Trinajstić information content (AvgIpc) is 2.76. The van der Waals surface area contributed by atoms with E-state index in [1.165, 1.54) is 12.1 Å². The van der Waals surface area contributed by atoms with Crippen LogP contribution in [-0.2, 0) is 11.0 Å². The molecule has 11 heteroatoms. The fourth-order valence-electron chi connectivity index (χ4n) is 4.53. The highest BCUT2D eigenvalue weighted by atomic mass is 35.5. The highest BCUT2D eigenvalue weighted by Crippen LogP contribution is 2.35. The summed E-state index contributed by atoms with van der Waals surface area (Å²) in [6, 6.07) is 4.28. The number of carbonyl (C=O) groups excluding carboxylic acids is 2. The van der Waals surface area contributed by atoms with Crippen LogP contribution in [0, 0.1) is 5.41 Å². The summed E-state index contributed by atoms with van der Waals surface area (Å²) in [4.78, 5) is 29.3. The number of hydrogen-bond donors (Lipinski definition) is 4. The summed E-state index contributed by atoms with van der Waals surface area (Å²) < 4.78 is 40.3. The minimum atomic E-state index is -4.58. The van der Waals surface area contributed by atoms with Crippen LogP contribution in [0.4, 0.5) is 23.7 Å². The molecule has 1 heterocycles. The van der Waals surface area contributed by atoms with Crippen molar-refractivity contribution < 1.29 is 22.8 Å². The second kappa shape index (κ2) is 11.2. The van der Waals surface area contributed by atoms with Gasteiger partial charge in [-0.2, -0.15) is 13.2 Å². The monoisotopic (exact) mass is 555 g/mol. The van der Waals surface area contributed by atoms with Crippen LogP contribution in [0.25, 0.3) is 10.9 Å². The van der Waals surface area contributed by atoms with E-state index in [2.05, 4.69) is 26.3 Å². The molecule has 0 bridgehead atoms. The Kier molecular flexibility index (Phi) is 8.75. The normalized spacial score (nSPS) is 19.5. The van der Waals surface area contributed by atoms with E-state index in [1.807, 2.05) is 41.5 Å². The molecule has 3 rings (SSSR count). The smallest absolute Gasteiger partial charge is 0.382 e. The van der Waals surface area contributed by atoms with Crippen LogP contribution in [0.15, 0.2) is 24.3 Å². The van der Waals surface area contributed by atoms with Crippen molar-refractivity contribution in [2.24, 2.45) is 5.41 Å². The molecule has 1 aliphatic rings. The third-order valence-corrected chi connectivity index (χ3v) is 6.62. The van der Waals surface area contributed by atoms with Crippen molar-refractivity contribution in [2.45, 2.75) is 97.1 Å². The second-order valence-corrected chi connectivity index (χ2v) is 12.5. The van der Waals surface area contributed by atoms with Gasteiger partial charge in [0.1, 0.15) is 11.7 Å². The SMILES string of the molecule is CC(C)(C)NC(=O)N[C@H](C(=O)N[C@H]1CC[C@@H](Nc2cc(C(F)(F)F)nc3ccc(Cl)cc23)CC1)C(C)(C)C. The predicted molar refractivity (Wildman–Crippen MR) is 144 cm³/mol. The van der Waals surface area contributed by atoms with Crippen molar-refractivity contribution in [1.29, 1.82) is 0 Å².